The molecule has 0 amide bonds. The maximum Gasteiger partial charge on any atom is 0.424 e. The summed E-state index contributed by atoms with van der Waals surface area (Å²) in [5.74, 6) is -1.70. The molecule has 19 heavy (non-hydrogen) atoms. The minimum atomic E-state index is -4.88. The van der Waals surface area contributed by atoms with Crippen LogP contribution in [0.5, 0.6) is 0 Å². The highest BCUT2D eigenvalue weighted by atomic mass is 35.5. The van der Waals surface area contributed by atoms with Gasteiger partial charge in [0.05, 0.1) is 0 Å². The first-order valence-corrected chi connectivity index (χ1v) is 6.03. The second-order valence-corrected chi connectivity index (χ2v) is 5.56. The highest BCUT2D eigenvalue weighted by Crippen LogP contribution is 2.45. The topological polar surface area (TPSA) is 27.7 Å². The van der Waals surface area contributed by atoms with E-state index in [1.807, 2.05) is 0 Å². The van der Waals surface area contributed by atoms with E-state index in [1.165, 1.54) is 21.1 Å². The molecule has 3 nitrogen and oxygen atoms in total. The van der Waals surface area contributed by atoms with Crippen molar-refractivity contribution in [2.45, 2.75) is 43.4 Å². The molecule has 0 radical (unpaired) electrons. The molecule has 0 aliphatic carbocycles. The van der Waals surface area contributed by atoms with Crippen molar-refractivity contribution in [1.82, 2.24) is 0 Å². The molecule has 0 aromatic carbocycles. The summed E-state index contributed by atoms with van der Waals surface area (Å²) in [6, 6.07) is 0. The van der Waals surface area contributed by atoms with E-state index < -0.39 is 22.6 Å². The average molecular weight is 325 g/mol. The van der Waals surface area contributed by atoms with Gasteiger partial charge in [0.25, 0.3) is 5.97 Å². The normalized spacial score (nSPS) is 15.3. The Bertz CT molecular complexity index is 322. The Morgan fingerprint density at radius 1 is 1.11 bits per heavy atom. The summed E-state index contributed by atoms with van der Waals surface area (Å²) < 4.78 is 50.3. The molecule has 0 aliphatic heterocycles. The average Bonchev–Trinajstić information content (AvgIpc) is 2.25. The standard InChI is InChI=1S/C11H17Cl2F3O3/c1-7(2)6-8(10(12,13)11(14,15)16)19-9(3,17-4)18-5/h6,8H,1-5H3. The Hall–Kier alpha value is -0.0100. The molecule has 1 unspecified atom stereocenters. The van der Waals surface area contributed by atoms with Gasteiger partial charge < -0.3 is 14.2 Å². The van der Waals surface area contributed by atoms with Gasteiger partial charge in [0.15, 0.2) is 0 Å². The minimum Gasteiger partial charge on any atom is -0.331 e. The second-order valence-electron chi connectivity index (χ2n) is 4.17. The quantitative estimate of drug-likeness (QED) is 0.419. The van der Waals surface area contributed by atoms with Crippen molar-refractivity contribution in [3.63, 3.8) is 0 Å². The van der Waals surface area contributed by atoms with Crippen molar-refractivity contribution in [3.05, 3.63) is 11.6 Å². The van der Waals surface area contributed by atoms with Crippen LogP contribution in [0, 0.1) is 0 Å². The van der Waals surface area contributed by atoms with E-state index in [-0.39, 0.29) is 0 Å². The number of ether oxygens (including phenoxy) is 3. The van der Waals surface area contributed by atoms with Crippen molar-refractivity contribution in [2.75, 3.05) is 14.2 Å². The molecule has 0 saturated heterocycles. The molecule has 0 spiro atoms. The Labute approximate surface area is 120 Å². The molecule has 0 aromatic heterocycles. The van der Waals surface area contributed by atoms with E-state index in [9.17, 15) is 13.2 Å². The summed E-state index contributed by atoms with van der Waals surface area (Å²) in [6.45, 7) is 4.49. The third kappa shape index (κ3) is 5.11. The smallest absolute Gasteiger partial charge is 0.331 e. The lowest BCUT2D eigenvalue weighted by Gasteiger charge is -2.36. The predicted octanol–water partition coefficient (Wildman–Crippen LogP) is 4.04. The molecule has 1 atom stereocenters. The van der Waals surface area contributed by atoms with Crippen molar-refractivity contribution in [2.24, 2.45) is 0 Å². The molecule has 0 aliphatic rings. The van der Waals surface area contributed by atoms with E-state index in [1.54, 1.807) is 13.8 Å². The van der Waals surface area contributed by atoms with Gasteiger partial charge in [-0.05, 0) is 13.8 Å². The molecule has 0 bridgehead atoms. The summed E-state index contributed by atoms with van der Waals surface area (Å²) in [6.07, 6.45) is -5.41. The van der Waals surface area contributed by atoms with Crippen molar-refractivity contribution in [1.29, 1.82) is 0 Å². The van der Waals surface area contributed by atoms with E-state index in [2.05, 4.69) is 0 Å². The molecule has 0 rings (SSSR count). The molecular weight excluding hydrogens is 308 g/mol. The molecule has 0 saturated carbocycles. The van der Waals surface area contributed by atoms with E-state index in [4.69, 9.17) is 37.4 Å². The molecule has 114 valence electrons. The largest absolute Gasteiger partial charge is 0.424 e. The first-order valence-electron chi connectivity index (χ1n) is 5.27. The van der Waals surface area contributed by atoms with Crippen LogP contribution in [0.1, 0.15) is 20.8 Å². The van der Waals surface area contributed by atoms with Crippen LogP contribution >= 0.6 is 23.2 Å². The van der Waals surface area contributed by atoms with Gasteiger partial charge in [-0.25, -0.2) is 0 Å². The predicted molar refractivity (Wildman–Crippen MR) is 67.2 cm³/mol. The van der Waals surface area contributed by atoms with Gasteiger partial charge in [-0.3, -0.25) is 0 Å². The zero-order valence-electron chi connectivity index (χ0n) is 11.3. The highest BCUT2D eigenvalue weighted by Gasteiger charge is 2.59. The lowest BCUT2D eigenvalue weighted by molar-refractivity contribution is -0.366. The molecule has 0 N–H and O–H groups in total. The Morgan fingerprint density at radius 3 is 1.79 bits per heavy atom. The number of alkyl halides is 5. The minimum absolute atomic E-state index is 0.550. The van der Waals surface area contributed by atoms with E-state index >= 15 is 0 Å². The van der Waals surface area contributed by atoms with Crippen LogP contribution in [0.3, 0.4) is 0 Å². The van der Waals surface area contributed by atoms with Crippen molar-refractivity contribution >= 4 is 23.2 Å². The first-order chi connectivity index (χ1) is 8.39. The third-order valence-electron chi connectivity index (χ3n) is 2.30. The third-order valence-corrected chi connectivity index (χ3v) is 3.16. The molecular formula is C11H17Cl2F3O3. The van der Waals surface area contributed by atoms with Crippen LogP contribution < -0.4 is 0 Å². The molecule has 0 heterocycles. The Kier molecular flexibility index (Phi) is 6.62. The number of halogens is 5. The lowest BCUT2D eigenvalue weighted by atomic mass is 10.1. The monoisotopic (exact) mass is 324 g/mol. The van der Waals surface area contributed by atoms with Gasteiger partial charge in [0.2, 0.25) is 4.33 Å². The van der Waals surface area contributed by atoms with Crippen LogP contribution in [-0.4, -0.2) is 36.8 Å². The van der Waals surface area contributed by atoms with Gasteiger partial charge >= 0.3 is 6.18 Å². The van der Waals surface area contributed by atoms with Gasteiger partial charge in [-0.1, -0.05) is 34.9 Å². The lowest BCUT2D eigenvalue weighted by Crippen LogP contribution is -2.50. The Balaban J connectivity index is 5.43. The number of allylic oxidation sites excluding steroid dienone is 1. The number of hydrogen-bond donors (Lipinski definition) is 0. The molecule has 0 fully saturated rings. The highest BCUT2D eigenvalue weighted by molar-refractivity contribution is 6.49. The number of rotatable bonds is 6. The molecule has 0 aromatic rings. The zero-order valence-corrected chi connectivity index (χ0v) is 12.8. The van der Waals surface area contributed by atoms with Crippen LogP contribution in [0.25, 0.3) is 0 Å². The fourth-order valence-corrected chi connectivity index (χ4v) is 1.30. The summed E-state index contributed by atoms with van der Waals surface area (Å²) in [4.78, 5) is 0. The fraction of sp³-hybridized carbons (Fsp3) is 0.818. The van der Waals surface area contributed by atoms with Gasteiger partial charge in [-0.15, -0.1) is 0 Å². The number of hydrogen-bond acceptors (Lipinski definition) is 3. The van der Waals surface area contributed by atoms with Gasteiger partial charge in [0, 0.05) is 21.1 Å². The van der Waals surface area contributed by atoms with Crippen LogP contribution in [0.4, 0.5) is 13.2 Å². The number of methoxy groups -OCH3 is 2. The summed E-state index contributed by atoms with van der Waals surface area (Å²) in [5, 5.41) is 0. The summed E-state index contributed by atoms with van der Waals surface area (Å²) in [5.41, 5.74) is 0.550. The van der Waals surface area contributed by atoms with Crippen LogP contribution in [0.15, 0.2) is 11.6 Å². The SMILES string of the molecule is COC(C)(OC)OC(C=C(C)C)C(Cl)(Cl)C(F)(F)F. The van der Waals surface area contributed by atoms with Crippen LogP contribution in [-0.2, 0) is 14.2 Å². The first kappa shape index (κ1) is 19.0. The van der Waals surface area contributed by atoms with E-state index in [0.29, 0.717) is 5.57 Å². The fourth-order valence-electron chi connectivity index (χ4n) is 1.09. The van der Waals surface area contributed by atoms with Crippen molar-refractivity contribution in [3.8, 4) is 0 Å². The zero-order chi connectivity index (χ0) is 15.5. The van der Waals surface area contributed by atoms with Crippen molar-refractivity contribution < 1.29 is 27.4 Å². The molecule has 8 heteroatoms. The van der Waals surface area contributed by atoms with Gasteiger partial charge in [-0.2, -0.15) is 13.2 Å². The summed E-state index contributed by atoms with van der Waals surface area (Å²) in [7, 11) is 2.45. The van der Waals surface area contributed by atoms with E-state index in [0.717, 1.165) is 6.08 Å². The summed E-state index contributed by atoms with van der Waals surface area (Å²) >= 11 is 10.8. The maximum atomic E-state index is 12.9. The maximum absolute atomic E-state index is 12.9. The second kappa shape index (κ2) is 6.63. The van der Waals surface area contributed by atoms with Gasteiger partial charge in [0.1, 0.15) is 6.10 Å². The van der Waals surface area contributed by atoms with Crippen LogP contribution in [0.2, 0.25) is 0 Å². The Morgan fingerprint density at radius 2 is 1.53 bits per heavy atom.